The van der Waals surface area contributed by atoms with Gasteiger partial charge in [-0.1, -0.05) is 6.07 Å². The summed E-state index contributed by atoms with van der Waals surface area (Å²) in [5.74, 6) is -0.518. The zero-order valence-corrected chi connectivity index (χ0v) is 17.7. The lowest BCUT2D eigenvalue weighted by atomic mass is 10.1. The quantitative estimate of drug-likeness (QED) is 0.691. The SMILES string of the molecule is COC(=O)c1ccc(C)c(NC(=O)[C@H](C)N(c2ccc(OC)cc2)S(C)(=O)=O)c1. The van der Waals surface area contributed by atoms with E-state index in [-0.39, 0.29) is 5.56 Å². The first kappa shape index (κ1) is 22.2. The smallest absolute Gasteiger partial charge is 0.337 e. The van der Waals surface area contributed by atoms with Crippen molar-refractivity contribution in [1.29, 1.82) is 0 Å². The van der Waals surface area contributed by atoms with E-state index in [4.69, 9.17) is 9.47 Å². The van der Waals surface area contributed by atoms with E-state index in [2.05, 4.69) is 5.32 Å². The van der Waals surface area contributed by atoms with Crippen LogP contribution in [0.15, 0.2) is 42.5 Å². The Morgan fingerprint density at radius 3 is 2.21 bits per heavy atom. The maximum Gasteiger partial charge on any atom is 0.337 e. The van der Waals surface area contributed by atoms with Crippen LogP contribution in [0.25, 0.3) is 0 Å². The van der Waals surface area contributed by atoms with Gasteiger partial charge in [-0.3, -0.25) is 9.10 Å². The maximum atomic E-state index is 12.8. The van der Waals surface area contributed by atoms with E-state index in [9.17, 15) is 18.0 Å². The third kappa shape index (κ3) is 5.26. The summed E-state index contributed by atoms with van der Waals surface area (Å²) in [5.41, 5.74) is 1.72. The minimum Gasteiger partial charge on any atom is -0.497 e. The number of sulfonamides is 1. The van der Waals surface area contributed by atoms with E-state index in [1.165, 1.54) is 27.2 Å². The summed E-state index contributed by atoms with van der Waals surface area (Å²) in [7, 11) is -0.983. The topological polar surface area (TPSA) is 102 Å². The van der Waals surface area contributed by atoms with E-state index >= 15 is 0 Å². The first-order valence-corrected chi connectivity index (χ1v) is 10.6. The van der Waals surface area contributed by atoms with E-state index in [1.807, 2.05) is 0 Å². The van der Waals surface area contributed by atoms with Crippen LogP contribution in [0.4, 0.5) is 11.4 Å². The number of anilines is 2. The number of esters is 1. The zero-order valence-electron chi connectivity index (χ0n) is 16.9. The molecule has 0 saturated heterocycles. The first-order valence-electron chi connectivity index (χ1n) is 8.71. The lowest BCUT2D eigenvalue weighted by Crippen LogP contribution is -2.45. The molecule has 0 unspecified atom stereocenters. The van der Waals surface area contributed by atoms with Crippen LogP contribution in [0.1, 0.15) is 22.8 Å². The number of amides is 1. The summed E-state index contributed by atoms with van der Waals surface area (Å²) in [6.45, 7) is 3.25. The van der Waals surface area contributed by atoms with Crippen LogP contribution >= 0.6 is 0 Å². The molecule has 0 saturated carbocycles. The predicted octanol–water partition coefficient (Wildman–Crippen LogP) is 2.58. The van der Waals surface area contributed by atoms with Crippen molar-refractivity contribution in [3.05, 3.63) is 53.6 Å². The lowest BCUT2D eigenvalue weighted by Gasteiger charge is -2.28. The van der Waals surface area contributed by atoms with Gasteiger partial charge in [-0.25, -0.2) is 13.2 Å². The number of hydrogen-bond donors (Lipinski definition) is 1. The lowest BCUT2D eigenvalue weighted by molar-refractivity contribution is -0.116. The van der Waals surface area contributed by atoms with E-state index < -0.39 is 27.9 Å². The van der Waals surface area contributed by atoms with Gasteiger partial charge >= 0.3 is 5.97 Å². The fourth-order valence-corrected chi connectivity index (χ4v) is 3.95. The molecule has 2 aromatic rings. The van der Waals surface area contributed by atoms with Crippen LogP contribution < -0.4 is 14.4 Å². The molecule has 1 atom stereocenters. The molecule has 0 radical (unpaired) electrons. The van der Waals surface area contributed by atoms with Crippen molar-refractivity contribution < 1.29 is 27.5 Å². The minimum absolute atomic E-state index is 0.274. The Labute approximate surface area is 170 Å². The van der Waals surface area contributed by atoms with Gasteiger partial charge in [0.1, 0.15) is 11.8 Å². The number of rotatable bonds is 7. The second-order valence-corrected chi connectivity index (χ2v) is 8.30. The Balaban J connectivity index is 2.33. The van der Waals surface area contributed by atoms with E-state index in [1.54, 1.807) is 43.3 Å². The monoisotopic (exact) mass is 420 g/mol. The molecule has 0 spiro atoms. The number of benzene rings is 2. The fourth-order valence-electron chi connectivity index (χ4n) is 2.78. The van der Waals surface area contributed by atoms with Crippen LogP contribution in [0, 0.1) is 6.92 Å². The molecule has 2 rings (SSSR count). The molecule has 8 nitrogen and oxygen atoms in total. The molecule has 0 heterocycles. The van der Waals surface area contributed by atoms with Gasteiger partial charge in [0, 0.05) is 5.69 Å². The highest BCUT2D eigenvalue weighted by Gasteiger charge is 2.29. The molecule has 0 bridgehead atoms. The summed E-state index contributed by atoms with van der Waals surface area (Å²) in [4.78, 5) is 24.6. The summed E-state index contributed by atoms with van der Waals surface area (Å²) in [6, 6.07) is 10.1. The number of aryl methyl sites for hydroxylation is 1. The minimum atomic E-state index is -3.75. The van der Waals surface area contributed by atoms with Crippen molar-refractivity contribution in [1.82, 2.24) is 0 Å². The molecule has 2 aromatic carbocycles. The number of nitrogens with zero attached hydrogens (tertiary/aromatic N) is 1. The molecule has 0 aromatic heterocycles. The number of hydrogen-bond acceptors (Lipinski definition) is 6. The van der Waals surface area contributed by atoms with Gasteiger partial charge in [0.25, 0.3) is 0 Å². The van der Waals surface area contributed by atoms with Gasteiger partial charge in [-0.15, -0.1) is 0 Å². The maximum absolute atomic E-state index is 12.8. The highest BCUT2D eigenvalue weighted by atomic mass is 32.2. The summed E-state index contributed by atoms with van der Waals surface area (Å²) >= 11 is 0. The van der Waals surface area contributed by atoms with Crippen molar-refractivity contribution in [2.24, 2.45) is 0 Å². The number of methoxy groups -OCH3 is 2. The van der Waals surface area contributed by atoms with Crippen molar-refractivity contribution in [2.75, 3.05) is 30.1 Å². The number of carbonyl (C=O) groups is 2. The van der Waals surface area contributed by atoms with E-state index in [0.29, 0.717) is 22.7 Å². The van der Waals surface area contributed by atoms with Crippen molar-refractivity contribution in [3.8, 4) is 5.75 Å². The van der Waals surface area contributed by atoms with Crippen molar-refractivity contribution >= 4 is 33.3 Å². The van der Waals surface area contributed by atoms with E-state index in [0.717, 1.165) is 10.6 Å². The molecule has 9 heteroatoms. The Morgan fingerprint density at radius 2 is 1.69 bits per heavy atom. The Hall–Kier alpha value is -3.07. The normalized spacial score (nSPS) is 12.0. The highest BCUT2D eigenvalue weighted by molar-refractivity contribution is 7.92. The molecule has 0 aliphatic carbocycles. The summed E-state index contributed by atoms with van der Waals surface area (Å²) < 4.78 is 35.6. The van der Waals surface area contributed by atoms with Gasteiger partial charge in [-0.05, 0) is 55.8 Å². The molecular formula is C20H24N2O6S. The van der Waals surface area contributed by atoms with Crippen LogP contribution in [0.2, 0.25) is 0 Å². The molecule has 0 fully saturated rings. The molecular weight excluding hydrogens is 396 g/mol. The Bertz CT molecular complexity index is 1000. The second kappa shape index (κ2) is 8.95. The zero-order chi connectivity index (χ0) is 21.8. The van der Waals surface area contributed by atoms with Gasteiger partial charge in [0.2, 0.25) is 15.9 Å². The fraction of sp³-hybridized carbons (Fsp3) is 0.300. The second-order valence-electron chi connectivity index (χ2n) is 6.44. The molecule has 0 aliphatic rings. The third-order valence-corrected chi connectivity index (χ3v) is 5.57. The van der Waals surface area contributed by atoms with Gasteiger partial charge in [-0.2, -0.15) is 0 Å². The van der Waals surface area contributed by atoms with Crippen molar-refractivity contribution in [2.45, 2.75) is 19.9 Å². The average molecular weight is 420 g/mol. The number of nitrogens with one attached hydrogen (secondary N) is 1. The van der Waals surface area contributed by atoms with Crippen LogP contribution in [0.3, 0.4) is 0 Å². The van der Waals surface area contributed by atoms with Crippen LogP contribution in [-0.4, -0.2) is 46.8 Å². The van der Waals surface area contributed by atoms with Gasteiger partial charge in [0.15, 0.2) is 0 Å². The largest absolute Gasteiger partial charge is 0.497 e. The summed E-state index contributed by atoms with van der Waals surface area (Å²) in [6.07, 6.45) is 1.03. The van der Waals surface area contributed by atoms with Crippen molar-refractivity contribution in [3.63, 3.8) is 0 Å². The highest BCUT2D eigenvalue weighted by Crippen LogP contribution is 2.25. The van der Waals surface area contributed by atoms with Crippen LogP contribution in [-0.2, 0) is 19.6 Å². The number of carbonyl (C=O) groups excluding carboxylic acids is 2. The van der Waals surface area contributed by atoms with Gasteiger partial charge in [0.05, 0.1) is 31.7 Å². The molecule has 1 amide bonds. The Kier molecular flexibility index (Phi) is 6.86. The van der Waals surface area contributed by atoms with Gasteiger partial charge < -0.3 is 14.8 Å². The summed E-state index contributed by atoms with van der Waals surface area (Å²) in [5, 5.41) is 2.70. The standard InChI is InChI=1S/C20H24N2O6S/c1-13-6-7-15(20(24)28-4)12-18(13)21-19(23)14(2)22(29(5,25)26)16-8-10-17(27-3)11-9-16/h6-12,14H,1-5H3,(H,21,23)/t14-/m0/s1. The van der Waals surface area contributed by atoms with Crippen LogP contribution in [0.5, 0.6) is 5.75 Å². The molecule has 29 heavy (non-hydrogen) atoms. The molecule has 0 aliphatic heterocycles. The number of ether oxygens (including phenoxy) is 2. The average Bonchev–Trinajstić information content (AvgIpc) is 2.68. The molecule has 156 valence electrons. The Morgan fingerprint density at radius 1 is 1.07 bits per heavy atom. The molecule has 1 N–H and O–H groups in total. The third-order valence-electron chi connectivity index (χ3n) is 4.33. The first-order chi connectivity index (χ1) is 13.6. The predicted molar refractivity (Wildman–Crippen MR) is 111 cm³/mol.